The summed E-state index contributed by atoms with van der Waals surface area (Å²) >= 11 is 0. The second-order valence-corrected chi connectivity index (χ2v) is 0.859. The Morgan fingerprint density at radius 1 is 1.83 bits per heavy atom. The second-order valence-electron chi connectivity index (χ2n) is 0.859. The van der Waals surface area contributed by atoms with Crippen LogP contribution in [0.4, 0.5) is 0 Å². The Labute approximate surface area is 37.8 Å². The van der Waals surface area contributed by atoms with Gasteiger partial charge in [0.25, 0.3) is 0 Å². The predicted octanol–water partition coefficient (Wildman–Crippen LogP) is 0.681. The molecule has 0 saturated carbocycles. The van der Waals surface area contributed by atoms with Crippen molar-refractivity contribution in [1.82, 2.24) is 0 Å². The molecule has 0 aromatic heterocycles. The summed E-state index contributed by atoms with van der Waals surface area (Å²) in [6, 6.07) is 0. The fraction of sp³-hybridized carbons (Fsp3) is 0.750. The maximum Gasteiger partial charge on any atom is 0.136 e. The van der Waals surface area contributed by atoms with E-state index >= 15 is 0 Å². The van der Waals surface area contributed by atoms with Crippen LogP contribution in [0.2, 0.25) is 0 Å². The first-order chi connectivity index (χ1) is 2.91. The molecule has 0 atom stereocenters. The summed E-state index contributed by atoms with van der Waals surface area (Å²) in [4.78, 5) is 3.74. The minimum Gasteiger partial charge on any atom is -0.363 e. The molecule has 2 nitrogen and oxygen atoms in total. The molecule has 0 aliphatic heterocycles. The average molecular weight is 87.1 g/mol. The molecule has 2 heteroatoms. The van der Waals surface area contributed by atoms with Gasteiger partial charge in [0.1, 0.15) is 6.73 Å². The highest BCUT2D eigenvalue weighted by Gasteiger charge is 1.61. The van der Waals surface area contributed by atoms with E-state index in [4.69, 9.17) is 0 Å². The zero-order valence-electron chi connectivity index (χ0n) is 4.14. The number of ether oxygens (including phenoxy) is 1. The number of hydrogen-bond donors (Lipinski definition) is 0. The van der Waals surface area contributed by atoms with Gasteiger partial charge in [-0.15, -0.1) is 0 Å². The Morgan fingerprint density at radius 3 is 2.67 bits per heavy atom. The van der Waals surface area contributed by atoms with Crippen LogP contribution in [0.25, 0.3) is 0 Å². The summed E-state index contributed by atoms with van der Waals surface area (Å²) in [6.45, 7) is 2.34. The monoisotopic (exact) mass is 87.1 g/mol. The number of methoxy groups -OCH3 is 1. The first kappa shape index (κ1) is 5.63. The van der Waals surface area contributed by atoms with Crippen LogP contribution in [0, 0.1) is 0 Å². The van der Waals surface area contributed by atoms with Crippen molar-refractivity contribution in [3.8, 4) is 0 Å². The summed E-state index contributed by atoms with van der Waals surface area (Å²) in [5.74, 6) is 0. The average Bonchev–Trinajstić information content (AvgIpc) is 1.61. The first-order valence-electron chi connectivity index (χ1n) is 1.85. The summed E-state index contributed by atoms with van der Waals surface area (Å²) in [5.41, 5.74) is 0. The van der Waals surface area contributed by atoms with Crippen LogP contribution < -0.4 is 0 Å². The quantitative estimate of drug-likeness (QED) is 0.454. The smallest absolute Gasteiger partial charge is 0.136 e. The van der Waals surface area contributed by atoms with Gasteiger partial charge in [-0.1, -0.05) is 0 Å². The second kappa shape index (κ2) is 4.63. The molecule has 0 radical (unpaired) electrons. The molecular weight excluding hydrogens is 78.0 g/mol. The lowest BCUT2D eigenvalue weighted by Gasteiger charge is -1.82. The van der Waals surface area contributed by atoms with Crippen molar-refractivity contribution in [1.29, 1.82) is 0 Å². The molecular formula is C4H9NO. The van der Waals surface area contributed by atoms with Crippen LogP contribution in [0.15, 0.2) is 4.99 Å². The van der Waals surface area contributed by atoms with Crippen LogP contribution >= 0.6 is 0 Å². The van der Waals surface area contributed by atoms with Gasteiger partial charge in [-0.25, -0.2) is 0 Å². The van der Waals surface area contributed by atoms with Crippen LogP contribution in [-0.2, 0) is 4.74 Å². The lowest BCUT2D eigenvalue weighted by atomic mass is 10.9. The molecule has 0 saturated heterocycles. The molecule has 0 bridgehead atoms. The van der Waals surface area contributed by atoms with Gasteiger partial charge in [-0.3, -0.25) is 4.99 Å². The van der Waals surface area contributed by atoms with Crippen molar-refractivity contribution >= 4 is 6.21 Å². The molecule has 0 spiro atoms. The fourth-order valence-electron chi connectivity index (χ4n) is 0.149. The first-order valence-corrected chi connectivity index (χ1v) is 1.85. The SMILES string of the molecule is C/C=N\COC. The Kier molecular flexibility index (Phi) is 4.34. The Bertz CT molecular complexity index is 42.8. The highest BCUT2D eigenvalue weighted by molar-refractivity contribution is 5.52. The third kappa shape index (κ3) is 3.63. The van der Waals surface area contributed by atoms with Gasteiger partial charge in [-0.05, 0) is 13.1 Å². The number of nitrogens with zero attached hydrogens (tertiary/aromatic N) is 1. The zero-order chi connectivity index (χ0) is 4.83. The number of aliphatic imine (C=N–C) groups is 1. The molecule has 36 valence electrons. The van der Waals surface area contributed by atoms with Crippen LogP contribution in [0.3, 0.4) is 0 Å². The minimum atomic E-state index is 0.483. The summed E-state index contributed by atoms with van der Waals surface area (Å²) in [6.07, 6.45) is 1.71. The molecule has 0 rings (SSSR count). The van der Waals surface area contributed by atoms with E-state index in [0.717, 1.165) is 0 Å². The van der Waals surface area contributed by atoms with Crippen molar-refractivity contribution in [2.45, 2.75) is 6.92 Å². The van der Waals surface area contributed by atoms with Gasteiger partial charge in [0, 0.05) is 7.11 Å². The molecule has 0 unspecified atom stereocenters. The van der Waals surface area contributed by atoms with E-state index < -0.39 is 0 Å². The van der Waals surface area contributed by atoms with Crippen molar-refractivity contribution in [2.24, 2.45) is 4.99 Å². The van der Waals surface area contributed by atoms with Crippen molar-refractivity contribution in [2.75, 3.05) is 13.8 Å². The van der Waals surface area contributed by atoms with Gasteiger partial charge < -0.3 is 4.74 Å². The minimum absolute atomic E-state index is 0.483. The van der Waals surface area contributed by atoms with E-state index in [9.17, 15) is 0 Å². The van der Waals surface area contributed by atoms with E-state index in [2.05, 4.69) is 9.73 Å². The summed E-state index contributed by atoms with van der Waals surface area (Å²) < 4.78 is 4.58. The number of hydrogen-bond acceptors (Lipinski definition) is 2. The Balaban J connectivity index is 2.66. The third-order valence-electron chi connectivity index (χ3n) is 0.386. The standard InChI is InChI=1S/C4H9NO/c1-3-5-4-6-2/h3H,4H2,1-2H3/b5-3-. The maximum atomic E-state index is 4.58. The fourth-order valence-corrected chi connectivity index (χ4v) is 0.149. The lowest BCUT2D eigenvalue weighted by molar-refractivity contribution is 0.209. The molecule has 0 aliphatic carbocycles. The lowest BCUT2D eigenvalue weighted by Crippen LogP contribution is -1.79. The van der Waals surface area contributed by atoms with Gasteiger partial charge >= 0.3 is 0 Å². The predicted molar refractivity (Wildman–Crippen MR) is 26.0 cm³/mol. The Morgan fingerprint density at radius 2 is 2.50 bits per heavy atom. The van der Waals surface area contributed by atoms with E-state index in [-0.39, 0.29) is 0 Å². The normalized spacial score (nSPS) is 10.3. The summed E-state index contributed by atoms with van der Waals surface area (Å²) in [5, 5.41) is 0. The van der Waals surface area contributed by atoms with Crippen molar-refractivity contribution in [3.63, 3.8) is 0 Å². The van der Waals surface area contributed by atoms with Gasteiger partial charge in [0.05, 0.1) is 0 Å². The van der Waals surface area contributed by atoms with E-state index in [1.54, 1.807) is 13.3 Å². The topological polar surface area (TPSA) is 21.6 Å². The van der Waals surface area contributed by atoms with Crippen LogP contribution in [-0.4, -0.2) is 20.1 Å². The van der Waals surface area contributed by atoms with Crippen molar-refractivity contribution in [3.05, 3.63) is 0 Å². The highest BCUT2D eigenvalue weighted by atomic mass is 16.5. The molecule has 0 aromatic rings. The molecule has 0 fully saturated rings. The summed E-state index contributed by atoms with van der Waals surface area (Å²) in [7, 11) is 1.62. The van der Waals surface area contributed by atoms with Gasteiger partial charge in [0.2, 0.25) is 0 Å². The molecule has 0 aliphatic rings. The maximum absolute atomic E-state index is 4.58. The molecule has 0 heterocycles. The number of rotatable bonds is 2. The molecule has 0 amide bonds. The third-order valence-corrected chi connectivity index (χ3v) is 0.386. The van der Waals surface area contributed by atoms with Gasteiger partial charge in [-0.2, -0.15) is 0 Å². The zero-order valence-corrected chi connectivity index (χ0v) is 4.14. The van der Waals surface area contributed by atoms with E-state index in [0.29, 0.717) is 6.73 Å². The Hall–Kier alpha value is -0.370. The van der Waals surface area contributed by atoms with Crippen LogP contribution in [0.1, 0.15) is 6.92 Å². The van der Waals surface area contributed by atoms with E-state index in [1.807, 2.05) is 6.92 Å². The van der Waals surface area contributed by atoms with Gasteiger partial charge in [0.15, 0.2) is 0 Å². The van der Waals surface area contributed by atoms with Crippen LogP contribution in [0.5, 0.6) is 0 Å². The largest absolute Gasteiger partial charge is 0.363 e. The van der Waals surface area contributed by atoms with E-state index in [1.165, 1.54) is 0 Å². The molecule has 6 heavy (non-hydrogen) atoms. The highest BCUT2D eigenvalue weighted by Crippen LogP contribution is 1.63. The molecule has 0 N–H and O–H groups in total. The molecule has 0 aromatic carbocycles. The van der Waals surface area contributed by atoms with Crippen molar-refractivity contribution < 1.29 is 4.74 Å².